The summed E-state index contributed by atoms with van der Waals surface area (Å²) in [7, 11) is 0. The smallest absolute Gasteiger partial charge is 0.267 e. The molecular weight excluding hydrogens is 348 g/mol. The van der Waals surface area contributed by atoms with Gasteiger partial charge in [-0.2, -0.15) is 0 Å². The summed E-state index contributed by atoms with van der Waals surface area (Å²) in [6.45, 7) is 4.58. The number of fused-ring (bicyclic) bond motifs is 1. The van der Waals surface area contributed by atoms with Crippen LogP contribution in [-0.4, -0.2) is 24.5 Å². The van der Waals surface area contributed by atoms with E-state index in [1.54, 1.807) is 23.2 Å². The Morgan fingerprint density at radius 2 is 2.15 bits per heavy atom. The second-order valence-electron chi connectivity index (χ2n) is 6.44. The molecule has 0 aliphatic carbocycles. The summed E-state index contributed by atoms with van der Waals surface area (Å²) >= 11 is 1.56. The minimum atomic E-state index is -0.483. The number of carbonyl (C=O) groups is 2. The largest absolute Gasteiger partial charge is 0.479 e. The molecule has 5 nitrogen and oxygen atoms in total. The molecule has 0 radical (unpaired) electrons. The Bertz CT molecular complexity index is 773. The van der Waals surface area contributed by atoms with Crippen LogP contribution in [-0.2, 0) is 16.0 Å². The van der Waals surface area contributed by atoms with Crippen LogP contribution in [0, 0.1) is 0 Å². The topological polar surface area (TPSA) is 58.6 Å². The molecule has 3 rings (SSSR count). The maximum absolute atomic E-state index is 12.5. The van der Waals surface area contributed by atoms with Gasteiger partial charge in [-0.25, -0.2) is 0 Å². The predicted molar refractivity (Wildman–Crippen MR) is 105 cm³/mol. The summed E-state index contributed by atoms with van der Waals surface area (Å²) in [4.78, 5) is 27.6. The molecule has 2 aromatic rings. The van der Waals surface area contributed by atoms with E-state index in [9.17, 15) is 9.59 Å². The van der Waals surface area contributed by atoms with Gasteiger partial charge < -0.3 is 15.0 Å². The molecule has 1 aliphatic heterocycles. The number of amides is 2. The fourth-order valence-electron chi connectivity index (χ4n) is 3.01. The van der Waals surface area contributed by atoms with Crippen molar-refractivity contribution in [2.75, 3.05) is 16.8 Å². The van der Waals surface area contributed by atoms with Gasteiger partial charge in [-0.05, 0) is 43.0 Å². The molecule has 1 atom stereocenters. The van der Waals surface area contributed by atoms with Crippen LogP contribution in [0.1, 0.15) is 38.0 Å². The van der Waals surface area contributed by atoms with Crippen LogP contribution in [0.3, 0.4) is 0 Å². The van der Waals surface area contributed by atoms with E-state index in [0.29, 0.717) is 24.4 Å². The molecule has 26 heavy (non-hydrogen) atoms. The third-order valence-electron chi connectivity index (χ3n) is 4.35. The van der Waals surface area contributed by atoms with E-state index < -0.39 is 6.10 Å². The van der Waals surface area contributed by atoms with E-state index >= 15 is 0 Å². The Kier molecular flexibility index (Phi) is 5.93. The number of nitrogens with one attached hydrogen (secondary N) is 1. The van der Waals surface area contributed by atoms with E-state index in [1.807, 2.05) is 35.7 Å². The summed E-state index contributed by atoms with van der Waals surface area (Å²) in [6, 6.07) is 9.35. The standard InChI is InChI=1S/C20H24N2O3S/c1-3-4-5-10-22-17-12-15(8-9-18(17)25-14(2)20(22)24)21-19(23)13-16-7-6-11-26-16/h6-9,11-12,14H,3-5,10,13H2,1-2H3,(H,21,23). The minimum absolute atomic E-state index is 0.0318. The van der Waals surface area contributed by atoms with Crippen molar-refractivity contribution in [2.45, 2.75) is 45.6 Å². The molecule has 0 fully saturated rings. The lowest BCUT2D eigenvalue weighted by Crippen LogP contribution is -2.44. The SMILES string of the molecule is CCCCCN1C(=O)C(C)Oc2ccc(NC(=O)Cc3cccs3)cc21. The molecule has 1 unspecified atom stereocenters. The Morgan fingerprint density at radius 1 is 1.31 bits per heavy atom. The molecule has 2 amide bonds. The van der Waals surface area contributed by atoms with Crippen molar-refractivity contribution >= 4 is 34.5 Å². The number of anilines is 2. The van der Waals surface area contributed by atoms with E-state index in [2.05, 4.69) is 12.2 Å². The number of nitrogens with zero attached hydrogens (tertiary/aromatic N) is 1. The van der Waals surface area contributed by atoms with Gasteiger partial charge in [0.2, 0.25) is 5.91 Å². The molecular formula is C20H24N2O3S. The van der Waals surface area contributed by atoms with Crippen LogP contribution in [0.5, 0.6) is 5.75 Å². The number of hydrogen-bond donors (Lipinski definition) is 1. The van der Waals surface area contributed by atoms with Crippen molar-refractivity contribution in [3.05, 3.63) is 40.6 Å². The zero-order chi connectivity index (χ0) is 18.5. The predicted octanol–water partition coefficient (Wildman–Crippen LogP) is 4.23. The van der Waals surface area contributed by atoms with Crippen LogP contribution < -0.4 is 15.0 Å². The van der Waals surface area contributed by atoms with Gasteiger partial charge in [0.1, 0.15) is 5.75 Å². The van der Waals surface area contributed by atoms with Gasteiger partial charge in [-0.1, -0.05) is 25.8 Å². The van der Waals surface area contributed by atoms with Gasteiger partial charge in [0, 0.05) is 17.1 Å². The highest BCUT2D eigenvalue weighted by atomic mass is 32.1. The maximum Gasteiger partial charge on any atom is 0.267 e. The van der Waals surface area contributed by atoms with E-state index in [4.69, 9.17) is 4.74 Å². The minimum Gasteiger partial charge on any atom is -0.479 e. The van der Waals surface area contributed by atoms with Gasteiger partial charge in [-0.15, -0.1) is 11.3 Å². The molecule has 1 N–H and O–H groups in total. The molecule has 138 valence electrons. The zero-order valence-corrected chi connectivity index (χ0v) is 16.0. The lowest BCUT2D eigenvalue weighted by molar-refractivity contribution is -0.125. The molecule has 6 heteroatoms. The molecule has 2 heterocycles. The number of rotatable bonds is 7. The number of benzene rings is 1. The van der Waals surface area contributed by atoms with Crippen molar-refractivity contribution in [3.8, 4) is 5.75 Å². The summed E-state index contributed by atoms with van der Waals surface area (Å²) in [6.07, 6.45) is 2.99. The molecule has 0 spiro atoms. The Labute approximate surface area is 158 Å². The molecule has 1 aliphatic rings. The first-order valence-electron chi connectivity index (χ1n) is 9.02. The Balaban J connectivity index is 1.76. The van der Waals surface area contributed by atoms with Crippen LogP contribution >= 0.6 is 11.3 Å². The summed E-state index contributed by atoms with van der Waals surface area (Å²) in [5.41, 5.74) is 1.41. The second-order valence-corrected chi connectivity index (χ2v) is 7.48. The normalized spacial score (nSPS) is 16.2. The van der Waals surface area contributed by atoms with Crippen LogP contribution in [0.15, 0.2) is 35.7 Å². The molecule has 0 saturated carbocycles. The fourth-order valence-corrected chi connectivity index (χ4v) is 3.72. The number of hydrogen-bond acceptors (Lipinski definition) is 4. The molecule has 0 saturated heterocycles. The maximum atomic E-state index is 12.5. The first-order chi connectivity index (χ1) is 12.6. The van der Waals surface area contributed by atoms with Gasteiger partial charge in [0.25, 0.3) is 5.91 Å². The van der Waals surface area contributed by atoms with Crippen molar-refractivity contribution in [1.82, 2.24) is 0 Å². The molecule has 1 aromatic heterocycles. The molecule has 1 aromatic carbocycles. The lowest BCUT2D eigenvalue weighted by atomic mass is 10.1. The number of carbonyl (C=O) groups excluding carboxylic acids is 2. The Hall–Kier alpha value is -2.34. The first kappa shape index (κ1) is 18.5. The van der Waals surface area contributed by atoms with E-state index in [1.165, 1.54) is 0 Å². The monoisotopic (exact) mass is 372 g/mol. The highest BCUT2D eigenvalue weighted by Crippen LogP contribution is 2.36. The summed E-state index contributed by atoms with van der Waals surface area (Å²) < 4.78 is 5.72. The third kappa shape index (κ3) is 4.25. The van der Waals surface area contributed by atoms with E-state index in [0.717, 1.165) is 29.8 Å². The van der Waals surface area contributed by atoms with Gasteiger partial charge in [0.05, 0.1) is 12.1 Å². The lowest BCUT2D eigenvalue weighted by Gasteiger charge is -2.33. The third-order valence-corrected chi connectivity index (χ3v) is 5.23. The highest BCUT2D eigenvalue weighted by Gasteiger charge is 2.31. The second kappa shape index (κ2) is 8.36. The quantitative estimate of drug-likeness (QED) is 0.740. The van der Waals surface area contributed by atoms with Crippen molar-refractivity contribution < 1.29 is 14.3 Å². The number of thiophene rings is 1. The van der Waals surface area contributed by atoms with Gasteiger partial charge in [-0.3, -0.25) is 9.59 Å². The summed E-state index contributed by atoms with van der Waals surface area (Å²) in [5.74, 6) is 0.585. The molecule has 0 bridgehead atoms. The van der Waals surface area contributed by atoms with Crippen LogP contribution in [0.4, 0.5) is 11.4 Å². The number of unbranched alkanes of at least 4 members (excludes halogenated alkanes) is 2. The first-order valence-corrected chi connectivity index (χ1v) is 9.90. The van der Waals surface area contributed by atoms with Crippen LogP contribution in [0.2, 0.25) is 0 Å². The summed E-state index contributed by atoms with van der Waals surface area (Å²) in [5, 5.41) is 4.88. The van der Waals surface area contributed by atoms with Crippen LogP contribution in [0.25, 0.3) is 0 Å². The van der Waals surface area contributed by atoms with Gasteiger partial charge in [0.15, 0.2) is 6.10 Å². The Morgan fingerprint density at radius 3 is 2.88 bits per heavy atom. The van der Waals surface area contributed by atoms with Crippen molar-refractivity contribution in [3.63, 3.8) is 0 Å². The van der Waals surface area contributed by atoms with Gasteiger partial charge >= 0.3 is 0 Å². The van der Waals surface area contributed by atoms with E-state index in [-0.39, 0.29) is 11.8 Å². The average Bonchev–Trinajstić information content (AvgIpc) is 3.11. The zero-order valence-electron chi connectivity index (χ0n) is 15.2. The van der Waals surface area contributed by atoms with Crippen molar-refractivity contribution in [1.29, 1.82) is 0 Å². The highest BCUT2D eigenvalue weighted by molar-refractivity contribution is 7.10. The van der Waals surface area contributed by atoms with Crippen molar-refractivity contribution in [2.24, 2.45) is 0 Å². The average molecular weight is 372 g/mol. The fraction of sp³-hybridized carbons (Fsp3) is 0.400. The number of ether oxygens (including phenoxy) is 1.